The van der Waals surface area contributed by atoms with E-state index in [1.54, 1.807) is 0 Å². The molecule has 166 valence electrons. The first-order valence-electron chi connectivity index (χ1n) is 10.7. The Labute approximate surface area is 199 Å². The summed E-state index contributed by atoms with van der Waals surface area (Å²) >= 11 is 12.5. The van der Waals surface area contributed by atoms with Crippen LogP contribution in [0.1, 0.15) is 27.0 Å². The Morgan fingerprint density at radius 3 is 2.34 bits per heavy atom. The van der Waals surface area contributed by atoms with Crippen molar-refractivity contribution in [1.29, 1.82) is 0 Å². The first kappa shape index (κ1) is 22.7. The Hall–Kier alpha value is -2.53. The number of benzene rings is 3. The number of hydrogen-bond acceptors (Lipinski definition) is 3. The summed E-state index contributed by atoms with van der Waals surface area (Å²) in [5.41, 5.74) is 3.90. The molecule has 32 heavy (non-hydrogen) atoms. The molecule has 1 aliphatic rings. The minimum absolute atomic E-state index is 0.0663. The molecule has 0 N–H and O–H groups in total. The van der Waals surface area contributed by atoms with Gasteiger partial charge in [-0.15, -0.1) is 0 Å². The second-order valence-corrected chi connectivity index (χ2v) is 8.89. The van der Waals surface area contributed by atoms with E-state index < -0.39 is 0 Å². The highest BCUT2D eigenvalue weighted by Crippen LogP contribution is 2.26. The first-order chi connectivity index (χ1) is 15.5. The molecule has 1 amide bonds. The number of amides is 1. The van der Waals surface area contributed by atoms with Gasteiger partial charge < -0.3 is 9.64 Å². The molecule has 0 bridgehead atoms. The maximum Gasteiger partial charge on any atom is 0.253 e. The van der Waals surface area contributed by atoms with Crippen molar-refractivity contribution in [2.75, 3.05) is 26.2 Å². The number of carbonyl (C=O) groups excluding carboxylic acids is 1. The van der Waals surface area contributed by atoms with Crippen LogP contribution in [0.4, 0.5) is 0 Å². The van der Waals surface area contributed by atoms with Crippen LogP contribution < -0.4 is 4.74 Å². The van der Waals surface area contributed by atoms with Crippen molar-refractivity contribution in [2.24, 2.45) is 0 Å². The van der Waals surface area contributed by atoms with Crippen LogP contribution in [-0.4, -0.2) is 41.9 Å². The van der Waals surface area contributed by atoms with E-state index in [0.29, 0.717) is 36.0 Å². The lowest BCUT2D eigenvalue weighted by Crippen LogP contribution is -2.48. The van der Waals surface area contributed by atoms with Gasteiger partial charge in [0.2, 0.25) is 0 Å². The van der Waals surface area contributed by atoms with Crippen molar-refractivity contribution >= 4 is 29.1 Å². The molecule has 0 aliphatic carbocycles. The summed E-state index contributed by atoms with van der Waals surface area (Å²) in [6.07, 6.45) is 0. The summed E-state index contributed by atoms with van der Waals surface area (Å²) in [6.45, 7) is 6.29. The zero-order chi connectivity index (χ0) is 22.5. The van der Waals surface area contributed by atoms with Gasteiger partial charge in [0.15, 0.2) is 0 Å². The SMILES string of the molecule is Cc1ccc(Cl)c(OCc2ccc(C(=O)N3CCN(Cc4ccccc4Cl)CC3)cc2)c1. The van der Waals surface area contributed by atoms with Gasteiger partial charge in [-0.25, -0.2) is 0 Å². The summed E-state index contributed by atoms with van der Waals surface area (Å²) in [5.74, 6) is 0.734. The third-order valence-corrected chi connectivity index (χ3v) is 6.37. The van der Waals surface area contributed by atoms with Gasteiger partial charge in [-0.2, -0.15) is 0 Å². The predicted molar refractivity (Wildman–Crippen MR) is 130 cm³/mol. The number of carbonyl (C=O) groups is 1. The average molecular weight is 469 g/mol. The lowest BCUT2D eigenvalue weighted by molar-refractivity contribution is 0.0628. The molecule has 0 radical (unpaired) electrons. The van der Waals surface area contributed by atoms with Gasteiger partial charge in [0, 0.05) is 43.3 Å². The molecule has 3 aromatic carbocycles. The zero-order valence-electron chi connectivity index (χ0n) is 18.1. The lowest BCUT2D eigenvalue weighted by Gasteiger charge is -2.35. The molecule has 0 aromatic heterocycles. The van der Waals surface area contributed by atoms with Crippen LogP contribution in [0.25, 0.3) is 0 Å². The number of rotatable bonds is 6. The van der Waals surface area contributed by atoms with E-state index in [4.69, 9.17) is 27.9 Å². The molecular weight excluding hydrogens is 443 g/mol. The standard InChI is InChI=1S/C26H26Cl2N2O2/c1-19-6-11-24(28)25(16-19)32-18-20-7-9-21(10-8-20)26(31)30-14-12-29(13-15-30)17-22-4-2-3-5-23(22)27/h2-11,16H,12-15,17-18H2,1H3. The summed E-state index contributed by atoms with van der Waals surface area (Å²) in [4.78, 5) is 17.2. The Morgan fingerprint density at radius 1 is 0.906 bits per heavy atom. The largest absolute Gasteiger partial charge is 0.487 e. The summed E-state index contributed by atoms with van der Waals surface area (Å²) in [7, 11) is 0. The van der Waals surface area contributed by atoms with Gasteiger partial charge in [0.05, 0.1) is 5.02 Å². The van der Waals surface area contributed by atoms with Crippen LogP contribution >= 0.6 is 23.2 Å². The van der Waals surface area contributed by atoms with Crippen LogP contribution in [0.3, 0.4) is 0 Å². The van der Waals surface area contributed by atoms with Crippen LogP contribution in [0.5, 0.6) is 5.75 Å². The predicted octanol–water partition coefficient (Wildman–Crippen LogP) is 5.84. The van der Waals surface area contributed by atoms with E-state index in [-0.39, 0.29) is 5.91 Å². The van der Waals surface area contributed by atoms with E-state index in [9.17, 15) is 4.79 Å². The zero-order valence-corrected chi connectivity index (χ0v) is 19.6. The number of halogens is 2. The molecule has 1 heterocycles. The van der Waals surface area contributed by atoms with Gasteiger partial charge in [0.1, 0.15) is 12.4 Å². The minimum Gasteiger partial charge on any atom is -0.487 e. The fourth-order valence-electron chi connectivity index (χ4n) is 3.78. The molecule has 1 fully saturated rings. The van der Waals surface area contributed by atoms with E-state index in [1.807, 2.05) is 72.5 Å². The molecular formula is C26H26Cl2N2O2. The Kier molecular flexibility index (Phi) is 7.36. The quantitative estimate of drug-likeness (QED) is 0.455. The Bertz CT molecular complexity index is 1080. The van der Waals surface area contributed by atoms with Crippen molar-refractivity contribution in [2.45, 2.75) is 20.1 Å². The molecule has 1 aliphatic heterocycles. The smallest absolute Gasteiger partial charge is 0.253 e. The topological polar surface area (TPSA) is 32.8 Å². The fourth-order valence-corrected chi connectivity index (χ4v) is 4.15. The molecule has 3 aromatic rings. The second-order valence-electron chi connectivity index (χ2n) is 8.08. The fraction of sp³-hybridized carbons (Fsp3) is 0.269. The van der Waals surface area contributed by atoms with Crippen molar-refractivity contribution in [3.05, 3.63) is 99.0 Å². The molecule has 0 atom stereocenters. The van der Waals surface area contributed by atoms with Crippen LogP contribution in [0, 0.1) is 6.92 Å². The van der Waals surface area contributed by atoms with Crippen LogP contribution in [0.15, 0.2) is 66.7 Å². The third kappa shape index (κ3) is 5.63. The Morgan fingerprint density at radius 2 is 1.62 bits per heavy atom. The summed E-state index contributed by atoms with van der Waals surface area (Å²) < 4.78 is 5.85. The monoisotopic (exact) mass is 468 g/mol. The highest BCUT2D eigenvalue weighted by Gasteiger charge is 2.22. The molecule has 6 heteroatoms. The van der Waals surface area contributed by atoms with E-state index >= 15 is 0 Å². The second kappa shape index (κ2) is 10.4. The summed E-state index contributed by atoms with van der Waals surface area (Å²) in [5, 5.41) is 1.39. The number of aryl methyl sites for hydroxylation is 1. The summed E-state index contributed by atoms with van der Waals surface area (Å²) in [6, 6.07) is 21.2. The maximum atomic E-state index is 12.9. The van der Waals surface area contributed by atoms with Gasteiger partial charge in [0.25, 0.3) is 5.91 Å². The molecule has 0 saturated carbocycles. The lowest BCUT2D eigenvalue weighted by atomic mass is 10.1. The first-order valence-corrected chi connectivity index (χ1v) is 11.5. The number of nitrogens with zero attached hydrogens (tertiary/aromatic N) is 2. The number of hydrogen-bond donors (Lipinski definition) is 0. The van der Waals surface area contributed by atoms with Gasteiger partial charge >= 0.3 is 0 Å². The highest BCUT2D eigenvalue weighted by molar-refractivity contribution is 6.32. The molecule has 4 rings (SSSR count). The third-order valence-electron chi connectivity index (χ3n) is 5.69. The van der Waals surface area contributed by atoms with E-state index in [1.165, 1.54) is 0 Å². The maximum absolute atomic E-state index is 12.9. The average Bonchev–Trinajstić information content (AvgIpc) is 2.81. The van der Waals surface area contributed by atoms with Crippen molar-refractivity contribution in [3.8, 4) is 5.75 Å². The van der Waals surface area contributed by atoms with Crippen molar-refractivity contribution in [1.82, 2.24) is 9.80 Å². The Balaban J connectivity index is 1.29. The molecule has 4 nitrogen and oxygen atoms in total. The normalized spacial score (nSPS) is 14.4. The molecule has 1 saturated heterocycles. The van der Waals surface area contributed by atoms with Gasteiger partial charge in [-0.05, 0) is 53.9 Å². The minimum atomic E-state index is 0.0663. The van der Waals surface area contributed by atoms with E-state index in [2.05, 4.69) is 11.0 Å². The highest BCUT2D eigenvalue weighted by atomic mass is 35.5. The van der Waals surface area contributed by atoms with Gasteiger partial charge in [-0.1, -0.05) is 59.6 Å². The molecule has 0 spiro atoms. The van der Waals surface area contributed by atoms with E-state index in [0.717, 1.165) is 41.3 Å². The van der Waals surface area contributed by atoms with Crippen molar-refractivity contribution in [3.63, 3.8) is 0 Å². The molecule has 0 unspecified atom stereocenters. The van der Waals surface area contributed by atoms with Crippen LogP contribution in [-0.2, 0) is 13.2 Å². The van der Waals surface area contributed by atoms with Crippen LogP contribution in [0.2, 0.25) is 10.0 Å². The van der Waals surface area contributed by atoms with Gasteiger partial charge in [-0.3, -0.25) is 9.69 Å². The number of piperazine rings is 1. The van der Waals surface area contributed by atoms with Crippen molar-refractivity contribution < 1.29 is 9.53 Å². The number of ether oxygens (including phenoxy) is 1.